The highest BCUT2D eigenvalue weighted by atomic mass is 35.5. The molecule has 0 fully saturated rings. The van der Waals surface area contributed by atoms with Gasteiger partial charge in [-0.1, -0.05) is 6.92 Å². The molecule has 0 aromatic carbocycles. The third-order valence-electron chi connectivity index (χ3n) is 2.71. The molecule has 0 aliphatic rings. The molecule has 2 aromatic rings. The number of nitrogens with one attached hydrogen (secondary N) is 1. The molecular formula is C13H18ClN3OS. The van der Waals surface area contributed by atoms with E-state index in [2.05, 4.69) is 28.3 Å². The number of ether oxygens (including phenoxy) is 1. The third kappa shape index (κ3) is 4.03. The van der Waals surface area contributed by atoms with Gasteiger partial charge in [-0.15, -0.1) is 22.9 Å². The average molecular weight is 300 g/mol. The normalized spacial score (nSPS) is 11.1. The maximum Gasteiger partial charge on any atom is 0.138 e. The van der Waals surface area contributed by atoms with Gasteiger partial charge in [-0.05, 0) is 18.9 Å². The lowest BCUT2D eigenvalue weighted by Crippen LogP contribution is -2.08. The van der Waals surface area contributed by atoms with Gasteiger partial charge in [0.15, 0.2) is 0 Å². The van der Waals surface area contributed by atoms with E-state index in [9.17, 15) is 0 Å². The molecule has 0 aliphatic heterocycles. The maximum atomic E-state index is 5.54. The molecule has 0 spiro atoms. The van der Waals surface area contributed by atoms with Crippen LogP contribution in [0.5, 0.6) is 0 Å². The Hall–Kier alpha value is -0.910. The minimum atomic E-state index is 0.550. The number of fused-ring (bicyclic) bond motifs is 1. The molecule has 0 atom stereocenters. The monoisotopic (exact) mass is 299 g/mol. The van der Waals surface area contributed by atoms with E-state index < -0.39 is 0 Å². The Balaban J connectivity index is 1.91. The highest BCUT2D eigenvalue weighted by molar-refractivity contribution is 7.18. The van der Waals surface area contributed by atoms with Crippen LogP contribution < -0.4 is 5.32 Å². The molecule has 6 heteroatoms. The van der Waals surface area contributed by atoms with Crippen molar-refractivity contribution in [1.82, 2.24) is 9.97 Å². The van der Waals surface area contributed by atoms with Crippen LogP contribution in [0.25, 0.3) is 10.2 Å². The zero-order chi connectivity index (χ0) is 13.5. The van der Waals surface area contributed by atoms with Crippen LogP contribution in [-0.4, -0.2) is 35.6 Å². The van der Waals surface area contributed by atoms with Crippen molar-refractivity contribution in [2.24, 2.45) is 0 Å². The summed E-state index contributed by atoms with van der Waals surface area (Å²) in [5.41, 5.74) is 0. The van der Waals surface area contributed by atoms with E-state index in [4.69, 9.17) is 16.3 Å². The molecule has 0 saturated heterocycles. The van der Waals surface area contributed by atoms with Crippen molar-refractivity contribution in [2.45, 2.75) is 19.8 Å². The van der Waals surface area contributed by atoms with Crippen molar-refractivity contribution in [2.75, 3.05) is 31.0 Å². The van der Waals surface area contributed by atoms with Crippen molar-refractivity contribution in [1.29, 1.82) is 0 Å². The molecule has 0 amide bonds. The van der Waals surface area contributed by atoms with Crippen molar-refractivity contribution < 1.29 is 4.74 Å². The fourth-order valence-electron chi connectivity index (χ4n) is 1.76. The lowest BCUT2D eigenvalue weighted by molar-refractivity contribution is 0.149. The summed E-state index contributed by atoms with van der Waals surface area (Å²) in [5.74, 6) is 1.47. The Morgan fingerprint density at radius 2 is 2.26 bits per heavy atom. The SMILES string of the molecule is CCc1cc2c(NCCCOCCCl)ncnc2s1. The number of rotatable bonds is 8. The van der Waals surface area contributed by atoms with Gasteiger partial charge >= 0.3 is 0 Å². The van der Waals surface area contributed by atoms with Gasteiger partial charge in [-0.2, -0.15) is 0 Å². The minimum Gasteiger partial charge on any atom is -0.380 e. The first-order chi connectivity index (χ1) is 9.35. The highest BCUT2D eigenvalue weighted by Crippen LogP contribution is 2.28. The number of alkyl halides is 1. The largest absolute Gasteiger partial charge is 0.380 e. The van der Waals surface area contributed by atoms with Crippen LogP contribution in [0.1, 0.15) is 18.2 Å². The van der Waals surface area contributed by atoms with Crippen LogP contribution in [0, 0.1) is 0 Å². The Morgan fingerprint density at radius 1 is 1.37 bits per heavy atom. The number of hydrogen-bond acceptors (Lipinski definition) is 5. The van der Waals surface area contributed by atoms with Crippen LogP contribution >= 0.6 is 22.9 Å². The first-order valence-electron chi connectivity index (χ1n) is 6.46. The zero-order valence-electron chi connectivity index (χ0n) is 11.0. The lowest BCUT2D eigenvalue weighted by atomic mass is 10.3. The number of aromatic nitrogens is 2. The average Bonchev–Trinajstić information content (AvgIpc) is 2.86. The van der Waals surface area contributed by atoms with Crippen LogP contribution in [-0.2, 0) is 11.2 Å². The number of halogens is 1. The summed E-state index contributed by atoms with van der Waals surface area (Å²) >= 11 is 7.27. The number of aryl methyl sites for hydroxylation is 1. The van der Waals surface area contributed by atoms with Crippen molar-refractivity contribution in [3.63, 3.8) is 0 Å². The molecule has 0 aliphatic carbocycles. The molecule has 1 N–H and O–H groups in total. The predicted octanol–water partition coefficient (Wildman–Crippen LogP) is 3.31. The first-order valence-corrected chi connectivity index (χ1v) is 7.81. The van der Waals surface area contributed by atoms with Gasteiger partial charge in [0.05, 0.1) is 12.0 Å². The van der Waals surface area contributed by atoms with E-state index in [0.29, 0.717) is 12.5 Å². The van der Waals surface area contributed by atoms with Gasteiger partial charge in [-0.3, -0.25) is 0 Å². The van der Waals surface area contributed by atoms with Crippen molar-refractivity contribution in [3.05, 3.63) is 17.3 Å². The molecule has 104 valence electrons. The van der Waals surface area contributed by atoms with Gasteiger partial charge in [0.25, 0.3) is 0 Å². The van der Waals surface area contributed by atoms with E-state index in [1.165, 1.54) is 4.88 Å². The third-order valence-corrected chi connectivity index (χ3v) is 4.05. The quantitative estimate of drug-likeness (QED) is 0.600. The van der Waals surface area contributed by atoms with Gasteiger partial charge < -0.3 is 10.1 Å². The van der Waals surface area contributed by atoms with E-state index in [-0.39, 0.29) is 0 Å². The number of hydrogen-bond donors (Lipinski definition) is 1. The Bertz CT molecular complexity index is 518. The molecule has 0 bridgehead atoms. The molecule has 2 heterocycles. The van der Waals surface area contributed by atoms with Crippen molar-refractivity contribution >= 4 is 39.0 Å². The predicted molar refractivity (Wildman–Crippen MR) is 81.4 cm³/mol. The van der Waals surface area contributed by atoms with Crippen LogP contribution in [0.3, 0.4) is 0 Å². The second-order valence-electron chi connectivity index (χ2n) is 4.09. The van der Waals surface area contributed by atoms with Crippen LogP contribution in [0.15, 0.2) is 12.4 Å². The summed E-state index contributed by atoms with van der Waals surface area (Å²) in [6.07, 6.45) is 3.59. The number of anilines is 1. The molecular weight excluding hydrogens is 282 g/mol. The van der Waals surface area contributed by atoms with E-state index in [1.54, 1.807) is 17.7 Å². The zero-order valence-corrected chi connectivity index (χ0v) is 12.6. The Labute approximate surface area is 122 Å². The highest BCUT2D eigenvalue weighted by Gasteiger charge is 2.07. The molecule has 0 saturated carbocycles. The molecule has 2 rings (SSSR count). The van der Waals surface area contributed by atoms with E-state index in [1.807, 2.05) is 0 Å². The van der Waals surface area contributed by atoms with E-state index in [0.717, 1.165) is 42.0 Å². The molecule has 19 heavy (non-hydrogen) atoms. The number of nitrogens with zero attached hydrogens (tertiary/aromatic N) is 2. The first kappa shape index (κ1) is 14.5. The van der Waals surface area contributed by atoms with Crippen molar-refractivity contribution in [3.8, 4) is 0 Å². The smallest absolute Gasteiger partial charge is 0.138 e. The fraction of sp³-hybridized carbons (Fsp3) is 0.538. The minimum absolute atomic E-state index is 0.550. The summed E-state index contributed by atoms with van der Waals surface area (Å²) in [4.78, 5) is 11.0. The fourth-order valence-corrected chi connectivity index (χ4v) is 2.80. The topological polar surface area (TPSA) is 47.0 Å². The summed E-state index contributed by atoms with van der Waals surface area (Å²) in [7, 11) is 0. The van der Waals surface area contributed by atoms with Gasteiger partial charge in [0.1, 0.15) is 17.0 Å². The summed E-state index contributed by atoms with van der Waals surface area (Å²) in [6, 6.07) is 2.17. The van der Waals surface area contributed by atoms with E-state index >= 15 is 0 Å². The summed E-state index contributed by atoms with van der Waals surface area (Å²) < 4.78 is 5.33. The molecule has 0 unspecified atom stereocenters. The maximum absolute atomic E-state index is 5.54. The second kappa shape index (κ2) is 7.62. The van der Waals surface area contributed by atoms with Gasteiger partial charge in [0, 0.05) is 23.9 Å². The van der Waals surface area contributed by atoms with Crippen LogP contribution in [0.2, 0.25) is 0 Å². The number of thiophene rings is 1. The molecule has 0 radical (unpaired) electrons. The lowest BCUT2D eigenvalue weighted by Gasteiger charge is -2.06. The van der Waals surface area contributed by atoms with Crippen LogP contribution in [0.4, 0.5) is 5.82 Å². The standard InChI is InChI=1S/C13H18ClN3OS/c1-2-10-8-11-12(16-9-17-13(11)19-10)15-5-3-6-18-7-4-14/h8-9H,2-7H2,1H3,(H,15,16,17). The van der Waals surface area contributed by atoms with Gasteiger partial charge in [0.2, 0.25) is 0 Å². The molecule has 4 nitrogen and oxygen atoms in total. The Morgan fingerprint density at radius 3 is 3.05 bits per heavy atom. The summed E-state index contributed by atoms with van der Waals surface area (Å²) in [6.45, 7) is 4.33. The second-order valence-corrected chi connectivity index (χ2v) is 5.58. The Kier molecular flexibility index (Phi) is 5.82. The summed E-state index contributed by atoms with van der Waals surface area (Å²) in [5, 5.41) is 4.46. The molecule has 2 aromatic heterocycles. The van der Waals surface area contributed by atoms with Gasteiger partial charge in [-0.25, -0.2) is 9.97 Å².